The highest BCUT2D eigenvalue weighted by Crippen LogP contribution is 2.25. The van der Waals surface area contributed by atoms with Crippen LogP contribution in [0.25, 0.3) is 11.5 Å². The largest absolute Gasteiger partial charge is 0.441 e. The Kier molecular flexibility index (Phi) is 5.23. The van der Waals surface area contributed by atoms with E-state index in [2.05, 4.69) is 37.1 Å². The van der Waals surface area contributed by atoms with Gasteiger partial charge in [0.05, 0.1) is 5.69 Å². The van der Waals surface area contributed by atoms with Gasteiger partial charge >= 0.3 is 0 Å². The molecule has 134 valence electrons. The topological polar surface area (TPSA) is 58.4 Å². The molecule has 0 unspecified atom stereocenters. The van der Waals surface area contributed by atoms with Gasteiger partial charge in [-0.15, -0.1) is 0 Å². The van der Waals surface area contributed by atoms with Crippen LogP contribution in [0.3, 0.4) is 0 Å². The van der Waals surface area contributed by atoms with Gasteiger partial charge in [-0.2, -0.15) is 0 Å². The van der Waals surface area contributed by atoms with E-state index in [0.717, 1.165) is 42.1 Å². The van der Waals surface area contributed by atoms with E-state index in [1.807, 2.05) is 25.1 Å². The molecule has 0 spiro atoms. The van der Waals surface area contributed by atoms with Gasteiger partial charge in [0.2, 0.25) is 11.8 Å². The van der Waals surface area contributed by atoms with Crippen LogP contribution in [0.4, 0.5) is 0 Å². The number of benzene rings is 1. The van der Waals surface area contributed by atoms with E-state index in [9.17, 15) is 4.79 Å². The highest BCUT2D eigenvalue weighted by molar-refractivity contribution is 5.78. The molecular weight excluding hydrogens is 314 g/mol. The van der Waals surface area contributed by atoms with Crippen LogP contribution in [0.15, 0.2) is 28.7 Å². The molecule has 0 aliphatic carbocycles. The minimum atomic E-state index is 0.160. The number of hydrogen-bond acceptors (Lipinski definition) is 4. The Hall–Kier alpha value is -2.14. The highest BCUT2D eigenvalue weighted by atomic mass is 16.4. The zero-order chi connectivity index (χ0) is 18.0. The van der Waals surface area contributed by atoms with Crippen molar-refractivity contribution in [2.75, 3.05) is 6.54 Å². The normalized spacial score (nSPS) is 17.5. The van der Waals surface area contributed by atoms with Crippen LogP contribution < -0.4 is 5.32 Å². The van der Waals surface area contributed by atoms with Gasteiger partial charge < -0.3 is 9.73 Å². The average Bonchev–Trinajstić information content (AvgIpc) is 3.13. The van der Waals surface area contributed by atoms with E-state index in [0.29, 0.717) is 18.4 Å². The molecular formula is C20H27N3O2. The molecule has 25 heavy (non-hydrogen) atoms. The molecule has 1 amide bonds. The van der Waals surface area contributed by atoms with Gasteiger partial charge in [-0.25, -0.2) is 4.98 Å². The van der Waals surface area contributed by atoms with E-state index in [1.165, 1.54) is 0 Å². The lowest BCUT2D eigenvalue weighted by atomic mass is 10.1. The van der Waals surface area contributed by atoms with Crippen molar-refractivity contribution in [3.05, 3.63) is 41.3 Å². The Labute approximate surface area is 149 Å². The Morgan fingerprint density at radius 2 is 2.08 bits per heavy atom. The van der Waals surface area contributed by atoms with E-state index in [-0.39, 0.29) is 11.9 Å². The molecule has 1 saturated heterocycles. The zero-order valence-electron chi connectivity index (χ0n) is 15.5. The summed E-state index contributed by atoms with van der Waals surface area (Å²) in [5.41, 5.74) is 3.16. The van der Waals surface area contributed by atoms with Crippen LogP contribution in [0.5, 0.6) is 0 Å². The molecule has 0 bridgehead atoms. The number of aryl methyl sites for hydroxylation is 2. The van der Waals surface area contributed by atoms with Gasteiger partial charge in [0.25, 0.3) is 0 Å². The standard InChI is InChI=1S/C20H27N3O2/c1-13(2)23(11-16-9-10-19(24)21-16)12-18-15(4)25-20(22-18)17-8-6-5-7-14(17)3/h5-8,13,16H,9-12H2,1-4H3,(H,21,24)/t16-/m1/s1. The summed E-state index contributed by atoms with van der Waals surface area (Å²) in [6.07, 6.45) is 1.55. The van der Waals surface area contributed by atoms with Gasteiger partial charge in [-0.05, 0) is 45.7 Å². The minimum absolute atomic E-state index is 0.160. The molecule has 1 fully saturated rings. The van der Waals surface area contributed by atoms with Gasteiger partial charge in [0, 0.05) is 37.2 Å². The van der Waals surface area contributed by atoms with Crippen molar-refractivity contribution in [2.45, 2.75) is 59.2 Å². The second kappa shape index (κ2) is 7.40. The molecule has 1 aliphatic heterocycles. The van der Waals surface area contributed by atoms with E-state index in [1.54, 1.807) is 0 Å². The molecule has 5 nitrogen and oxygen atoms in total. The lowest BCUT2D eigenvalue weighted by molar-refractivity contribution is -0.119. The third-order valence-corrected chi connectivity index (χ3v) is 4.89. The molecule has 2 heterocycles. The number of carbonyl (C=O) groups excluding carboxylic acids is 1. The maximum atomic E-state index is 11.5. The summed E-state index contributed by atoms with van der Waals surface area (Å²) in [6.45, 7) is 9.96. The zero-order valence-corrected chi connectivity index (χ0v) is 15.5. The first kappa shape index (κ1) is 17.7. The fraction of sp³-hybridized carbons (Fsp3) is 0.500. The second-order valence-electron chi connectivity index (χ2n) is 7.16. The number of carbonyl (C=O) groups is 1. The Balaban J connectivity index is 1.76. The summed E-state index contributed by atoms with van der Waals surface area (Å²) in [5.74, 6) is 1.70. The smallest absolute Gasteiger partial charge is 0.226 e. The lowest BCUT2D eigenvalue weighted by Crippen LogP contribution is -2.41. The van der Waals surface area contributed by atoms with Crippen LogP contribution in [-0.2, 0) is 11.3 Å². The fourth-order valence-corrected chi connectivity index (χ4v) is 3.25. The minimum Gasteiger partial charge on any atom is -0.441 e. The van der Waals surface area contributed by atoms with E-state index in [4.69, 9.17) is 9.40 Å². The Morgan fingerprint density at radius 1 is 1.32 bits per heavy atom. The van der Waals surface area contributed by atoms with Crippen molar-refractivity contribution in [1.29, 1.82) is 0 Å². The monoisotopic (exact) mass is 341 g/mol. The highest BCUT2D eigenvalue weighted by Gasteiger charge is 2.25. The van der Waals surface area contributed by atoms with Gasteiger partial charge in [0.1, 0.15) is 5.76 Å². The van der Waals surface area contributed by atoms with E-state index < -0.39 is 0 Å². The lowest BCUT2D eigenvalue weighted by Gasteiger charge is -2.28. The summed E-state index contributed by atoms with van der Waals surface area (Å²) in [5, 5.41) is 3.05. The Morgan fingerprint density at radius 3 is 2.72 bits per heavy atom. The quantitative estimate of drug-likeness (QED) is 0.874. The first-order valence-electron chi connectivity index (χ1n) is 8.99. The molecule has 5 heteroatoms. The van der Waals surface area contributed by atoms with Gasteiger partial charge in [0.15, 0.2) is 0 Å². The second-order valence-corrected chi connectivity index (χ2v) is 7.16. The number of hydrogen-bond donors (Lipinski definition) is 1. The molecule has 1 aromatic carbocycles. The first-order valence-corrected chi connectivity index (χ1v) is 8.99. The predicted octanol–water partition coefficient (Wildman–Crippen LogP) is 3.45. The van der Waals surface area contributed by atoms with Gasteiger partial charge in [-0.1, -0.05) is 18.2 Å². The van der Waals surface area contributed by atoms with Crippen LogP contribution in [-0.4, -0.2) is 34.4 Å². The number of nitrogens with one attached hydrogen (secondary N) is 1. The predicted molar refractivity (Wildman–Crippen MR) is 98.1 cm³/mol. The van der Waals surface area contributed by atoms with Crippen molar-refractivity contribution in [1.82, 2.24) is 15.2 Å². The SMILES string of the molecule is Cc1ccccc1-c1nc(CN(C[C@H]2CCC(=O)N2)C(C)C)c(C)o1. The Bertz CT molecular complexity index is 751. The van der Waals surface area contributed by atoms with Crippen molar-refractivity contribution < 1.29 is 9.21 Å². The van der Waals surface area contributed by atoms with Crippen molar-refractivity contribution >= 4 is 5.91 Å². The number of rotatable bonds is 6. The van der Waals surface area contributed by atoms with Crippen LogP contribution in [0, 0.1) is 13.8 Å². The maximum Gasteiger partial charge on any atom is 0.226 e. The third-order valence-electron chi connectivity index (χ3n) is 4.89. The number of amides is 1. The first-order chi connectivity index (χ1) is 11.9. The number of oxazole rings is 1. The number of aromatic nitrogens is 1. The summed E-state index contributed by atoms with van der Waals surface area (Å²) < 4.78 is 5.94. The van der Waals surface area contributed by atoms with Crippen LogP contribution in [0.2, 0.25) is 0 Å². The molecule has 0 saturated carbocycles. The maximum absolute atomic E-state index is 11.5. The third kappa shape index (κ3) is 4.10. The number of nitrogens with zero attached hydrogens (tertiary/aromatic N) is 2. The molecule has 1 atom stereocenters. The van der Waals surface area contributed by atoms with E-state index >= 15 is 0 Å². The molecule has 1 N–H and O–H groups in total. The summed E-state index contributed by atoms with van der Waals surface area (Å²) in [6, 6.07) is 8.74. The van der Waals surface area contributed by atoms with Crippen molar-refractivity contribution in [3.8, 4) is 11.5 Å². The summed E-state index contributed by atoms with van der Waals surface area (Å²) >= 11 is 0. The molecule has 2 aromatic rings. The molecule has 1 aliphatic rings. The van der Waals surface area contributed by atoms with Gasteiger partial charge in [-0.3, -0.25) is 9.69 Å². The van der Waals surface area contributed by atoms with Crippen LogP contribution >= 0.6 is 0 Å². The van der Waals surface area contributed by atoms with Crippen molar-refractivity contribution in [3.63, 3.8) is 0 Å². The van der Waals surface area contributed by atoms with Crippen LogP contribution in [0.1, 0.15) is 43.7 Å². The average molecular weight is 341 g/mol. The molecule has 3 rings (SSSR count). The molecule has 1 aromatic heterocycles. The fourth-order valence-electron chi connectivity index (χ4n) is 3.25. The summed E-state index contributed by atoms with van der Waals surface area (Å²) in [7, 11) is 0. The summed E-state index contributed by atoms with van der Waals surface area (Å²) in [4.78, 5) is 18.6. The van der Waals surface area contributed by atoms with Crippen molar-refractivity contribution in [2.24, 2.45) is 0 Å². The molecule has 0 radical (unpaired) electrons.